The molecule has 5 aliphatic rings. The van der Waals surface area contributed by atoms with E-state index in [0.29, 0.717) is 55.2 Å². The zero-order valence-electron chi connectivity index (χ0n) is 48.1. The van der Waals surface area contributed by atoms with Crippen LogP contribution in [0.3, 0.4) is 0 Å². The standard InChI is InChI=1S/C64H78N10O10/c1-40(2)54-64(84)74-35-19-31-53(74)63(83)71-32-16-28-50(71)59(79)65-41(3)55(75)66-46(36-42-20-8-4-9-21-42)57(77)69-49(39-45-26-14-7-15-27-45)61(81)73-34-18-30-52(73)62(82)72-33-17-29-51(72)60(80)68-47(37-43-22-10-5-11-23-43)56(76)67-48(58(78)70-54)38-44-24-12-6-13-25-44/h4-15,20-27,40-41,46-54H,16-19,28-39H2,1-3H3,(H,65,79)(H,66,75)(H,67,76)(H,68,80)(H,69,77)(H,70,78)/t41-,46-,47-,48-,49-,50-,51-,52?,53?,54-/m0/s1. The number of hydrogen-bond donors (Lipinski definition) is 6. The molecule has 444 valence electrons. The molecule has 9 rings (SSSR count). The molecule has 4 aromatic rings. The van der Waals surface area contributed by atoms with Gasteiger partial charge >= 0.3 is 0 Å². The number of amides is 10. The monoisotopic (exact) mass is 1150 g/mol. The van der Waals surface area contributed by atoms with E-state index in [0.717, 1.165) is 5.56 Å². The van der Waals surface area contributed by atoms with E-state index in [-0.39, 0.29) is 64.7 Å². The number of nitrogens with one attached hydrogen (secondary N) is 6. The average molecular weight is 1150 g/mol. The molecule has 5 saturated heterocycles. The topological polar surface area (TPSA) is 256 Å². The van der Waals surface area contributed by atoms with E-state index >= 15 is 4.79 Å². The van der Waals surface area contributed by atoms with Crippen molar-refractivity contribution >= 4 is 59.1 Å². The van der Waals surface area contributed by atoms with Gasteiger partial charge < -0.3 is 51.5 Å². The van der Waals surface area contributed by atoms with Gasteiger partial charge in [-0.2, -0.15) is 0 Å². The Morgan fingerprint density at radius 2 is 0.643 bits per heavy atom. The van der Waals surface area contributed by atoms with Crippen molar-refractivity contribution in [2.45, 2.75) is 158 Å². The summed E-state index contributed by atoms with van der Waals surface area (Å²) < 4.78 is 0. The molecule has 10 amide bonds. The highest BCUT2D eigenvalue weighted by atomic mass is 16.2. The summed E-state index contributed by atoms with van der Waals surface area (Å²) in [6, 6.07) is 25.0. The van der Waals surface area contributed by atoms with Gasteiger partial charge in [0.2, 0.25) is 59.1 Å². The molecule has 4 aromatic carbocycles. The summed E-state index contributed by atoms with van der Waals surface area (Å²) in [5, 5.41) is 17.4. The van der Waals surface area contributed by atoms with Gasteiger partial charge in [-0.15, -0.1) is 0 Å². The number of carbonyl (C=O) groups excluding carboxylic acids is 10. The van der Waals surface area contributed by atoms with Crippen molar-refractivity contribution in [1.29, 1.82) is 0 Å². The van der Waals surface area contributed by atoms with Crippen molar-refractivity contribution in [2.75, 3.05) is 26.2 Å². The lowest BCUT2D eigenvalue weighted by Gasteiger charge is -2.35. The molecule has 5 fully saturated rings. The van der Waals surface area contributed by atoms with Crippen LogP contribution in [0.4, 0.5) is 0 Å². The molecule has 0 radical (unpaired) electrons. The molecular weight excluding hydrogens is 1070 g/mol. The third kappa shape index (κ3) is 14.5. The zero-order valence-corrected chi connectivity index (χ0v) is 48.1. The zero-order chi connectivity index (χ0) is 59.4. The first-order valence-corrected chi connectivity index (χ1v) is 29.7. The molecule has 0 saturated carbocycles. The van der Waals surface area contributed by atoms with Gasteiger partial charge in [-0.1, -0.05) is 135 Å². The fourth-order valence-electron chi connectivity index (χ4n) is 12.4. The van der Waals surface area contributed by atoms with Gasteiger partial charge in [-0.05, 0) is 86.5 Å². The Bertz CT molecular complexity index is 3020. The van der Waals surface area contributed by atoms with Crippen LogP contribution in [0.25, 0.3) is 0 Å². The molecule has 5 heterocycles. The third-order valence-electron chi connectivity index (χ3n) is 16.9. The molecule has 0 aliphatic carbocycles. The fourth-order valence-corrected chi connectivity index (χ4v) is 12.4. The number of hydrogen-bond acceptors (Lipinski definition) is 10. The summed E-state index contributed by atoms with van der Waals surface area (Å²) in [5.74, 6) is -6.29. The van der Waals surface area contributed by atoms with Gasteiger partial charge in [0.05, 0.1) is 0 Å². The second-order valence-corrected chi connectivity index (χ2v) is 23.2. The Labute approximate surface area is 490 Å². The lowest BCUT2D eigenvalue weighted by molar-refractivity contribution is -0.148. The van der Waals surface area contributed by atoms with Crippen LogP contribution in [0, 0.1) is 5.92 Å². The first-order valence-electron chi connectivity index (χ1n) is 29.7. The first kappa shape index (κ1) is 60.2. The van der Waals surface area contributed by atoms with Crippen LogP contribution in [0.1, 0.15) is 94.4 Å². The van der Waals surface area contributed by atoms with Crippen molar-refractivity contribution in [3.8, 4) is 0 Å². The minimum Gasteiger partial charge on any atom is -0.343 e. The average Bonchev–Trinajstić information content (AvgIpc) is 4.21. The van der Waals surface area contributed by atoms with Gasteiger partial charge in [-0.3, -0.25) is 47.9 Å². The Kier molecular flexibility index (Phi) is 19.9. The van der Waals surface area contributed by atoms with E-state index in [1.54, 1.807) is 62.4 Å². The fraction of sp³-hybridized carbons (Fsp3) is 0.469. The molecule has 20 nitrogen and oxygen atoms in total. The van der Waals surface area contributed by atoms with E-state index in [4.69, 9.17) is 0 Å². The molecule has 6 N–H and O–H groups in total. The highest BCUT2D eigenvalue weighted by molar-refractivity contribution is 6.00. The summed E-state index contributed by atoms with van der Waals surface area (Å²) in [6.45, 7) is 5.85. The Morgan fingerprint density at radius 1 is 0.345 bits per heavy atom. The predicted molar refractivity (Wildman–Crippen MR) is 312 cm³/mol. The highest BCUT2D eigenvalue weighted by Gasteiger charge is 2.47. The number of nitrogens with zero attached hydrogens (tertiary/aromatic N) is 4. The van der Waals surface area contributed by atoms with Crippen LogP contribution >= 0.6 is 0 Å². The molecule has 0 spiro atoms. The van der Waals surface area contributed by atoms with E-state index in [9.17, 15) is 43.2 Å². The van der Waals surface area contributed by atoms with Crippen LogP contribution in [0.2, 0.25) is 0 Å². The van der Waals surface area contributed by atoms with Gasteiger partial charge in [0.25, 0.3) is 0 Å². The van der Waals surface area contributed by atoms with E-state index in [1.807, 2.05) is 72.8 Å². The van der Waals surface area contributed by atoms with Gasteiger partial charge in [0.15, 0.2) is 0 Å². The SMILES string of the molecule is CC(C)[C@@H]1NC(=O)[C@H](Cc2ccccc2)NC(=O)[C@H](Cc2ccccc2)NC(=O)[C@@H]2CCCN2C(=O)C2CCCN2C(=O)[C@H](Cc2ccccc2)NC(=O)[C@H](Cc2ccccc2)NC(=O)[C@H](C)NC(=O)[C@@H]2CCCN2C(=O)C2CCCN2C1=O. The van der Waals surface area contributed by atoms with Crippen molar-refractivity contribution in [3.63, 3.8) is 0 Å². The summed E-state index contributed by atoms with van der Waals surface area (Å²) in [4.78, 5) is 153. The van der Waals surface area contributed by atoms with E-state index < -0.39 is 125 Å². The first-order chi connectivity index (χ1) is 40.5. The molecular formula is C64H78N10O10. The third-order valence-corrected chi connectivity index (χ3v) is 16.9. The molecule has 20 heteroatoms. The quantitative estimate of drug-likeness (QED) is 0.143. The van der Waals surface area contributed by atoms with Gasteiger partial charge in [0, 0.05) is 51.9 Å². The Morgan fingerprint density at radius 3 is 1.04 bits per heavy atom. The lowest BCUT2D eigenvalue weighted by atomic mass is 9.99. The Hall–Kier alpha value is -8.42. The van der Waals surface area contributed by atoms with Crippen molar-refractivity contribution < 1.29 is 47.9 Å². The maximum absolute atomic E-state index is 15.1. The van der Waals surface area contributed by atoms with Crippen LogP contribution in [0.5, 0.6) is 0 Å². The minimum absolute atomic E-state index is 0.0125. The largest absolute Gasteiger partial charge is 0.343 e. The normalized spacial score (nSPS) is 27.4. The minimum atomic E-state index is -1.26. The predicted octanol–water partition coefficient (Wildman–Crippen LogP) is 2.52. The summed E-state index contributed by atoms with van der Waals surface area (Å²) >= 11 is 0. The van der Waals surface area contributed by atoms with Crippen molar-refractivity contribution in [2.24, 2.45) is 5.92 Å². The summed E-state index contributed by atoms with van der Waals surface area (Å²) in [7, 11) is 0. The summed E-state index contributed by atoms with van der Waals surface area (Å²) in [5.41, 5.74) is 2.84. The van der Waals surface area contributed by atoms with Crippen molar-refractivity contribution in [1.82, 2.24) is 51.5 Å². The number of rotatable bonds is 9. The van der Waals surface area contributed by atoms with Crippen LogP contribution in [0.15, 0.2) is 121 Å². The number of carbonyl (C=O) groups is 10. The van der Waals surface area contributed by atoms with Gasteiger partial charge in [-0.25, -0.2) is 0 Å². The maximum Gasteiger partial charge on any atom is 0.246 e. The van der Waals surface area contributed by atoms with E-state index in [2.05, 4.69) is 31.9 Å². The van der Waals surface area contributed by atoms with Gasteiger partial charge in [0.1, 0.15) is 60.4 Å². The van der Waals surface area contributed by atoms with Crippen LogP contribution < -0.4 is 31.9 Å². The second kappa shape index (κ2) is 27.8. The van der Waals surface area contributed by atoms with Crippen LogP contribution in [-0.4, -0.2) is 165 Å². The number of fused-ring (bicyclic) bond motifs is 4. The van der Waals surface area contributed by atoms with E-state index in [1.165, 1.54) is 26.5 Å². The lowest BCUT2D eigenvalue weighted by Crippen LogP contribution is -2.61. The molecule has 10 atom stereocenters. The molecule has 84 heavy (non-hydrogen) atoms. The molecule has 5 aliphatic heterocycles. The molecule has 0 aromatic heterocycles. The maximum atomic E-state index is 15.1. The smallest absolute Gasteiger partial charge is 0.246 e. The van der Waals surface area contributed by atoms with Crippen LogP contribution in [-0.2, 0) is 73.6 Å². The summed E-state index contributed by atoms with van der Waals surface area (Å²) in [6.07, 6.45) is 3.12. The number of benzene rings is 4. The Balaban J connectivity index is 1.06. The highest BCUT2D eigenvalue weighted by Crippen LogP contribution is 2.29. The second-order valence-electron chi connectivity index (χ2n) is 23.2. The molecule has 2 unspecified atom stereocenters. The molecule has 0 bridgehead atoms. The van der Waals surface area contributed by atoms with Crippen molar-refractivity contribution in [3.05, 3.63) is 144 Å².